The molecule has 0 radical (unpaired) electrons. The van der Waals surface area contributed by atoms with Crippen molar-refractivity contribution in [2.45, 2.75) is 26.3 Å². The number of nitro groups is 1. The van der Waals surface area contributed by atoms with Crippen LogP contribution in [0.25, 0.3) is 0 Å². The predicted molar refractivity (Wildman–Crippen MR) is 56.8 cm³/mol. The Labute approximate surface area is 88.4 Å². The number of aromatic nitrogens is 2. The first-order chi connectivity index (χ1) is 6.97. The number of aryl methyl sites for hydroxylation is 2. The minimum Gasteiger partial charge on any atom is -0.317 e. The van der Waals surface area contributed by atoms with Gasteiger partial charge in [-0.2, -0.15) is 5.10 Å². The molecular weight excluding hydrogens is 196 g/mol. The maximum atomic E-state index is 10.9. The number of nitrogens with one attached hydrogen (secondary N) is 1. The molecule has 6 heteroatoms. The van der Waals surface area contributed by atoms with Crippen molar-refractivity contribution in [3.05, 3.63) is 21.5 Å². The molecule has 0 bridgehead atoms. The molecule has 1 atom stereocenters. The minimum absolute atomic E-state index is 0.139. The van der Waals surface area contributed by atoms with Crippen LogP contribution in [0, 0.1) is 17.0 Å². The van der Waals surface area contributed by atoms with E-state index in [0.29, 0.717) is 17.8 Å². The minimum atomic E-state index is -0.361. The normalized spacial score (nSPS) is 12.8. The van der Waals surface area contributed by atoms with E-state index in [4.69, 9.17) is 0 Å². The lowest BCUT2D eigenvalue weighted by atomic mass is 10.1. The van der Waals surface area contributed by atoms with E-state index < -0.39 is 0 Å². The summed E-state index contributed by atoms with van der Waals surface area (Å²) in [6.45, 7) is 3.64. The molecule has 0 aliphatic heterocycles. The molecule has 1 rings (SSSR count). The molecule has 0 aliphatic rings. The second-order valence-electron chi connectivity index (χ2n) is 3.66. The largest absolute Gasteiger partial charge is 0.317 e. The van der Waals surface area contributed by atoms with E-state index in [1.165, 1.54) is 0 Å². The highest BCUT2D eigenvalue weighted by atomic mass is 16.6. The van der Waals surface area contributed by atoms with Gasteiger partial charge in [-0.1, -0.05) is 0 Å². The van der Waals surface area contributed by atoms with Crippen molar-refractivity contribution < 1.29 is 4.92 Å². The molecule has 1 aromatic heterocycles. The molecular formula is C9H16N4O2. The predicted octanol–water partition coefficient (Wildman–Crippen LogP) is 0.787. The van der Waals surface area contributed by atoms with Gasteiger partial charge in [-0.25, -0.2) is 0 Å². The molecule has 0 saturated carbocycles. The van der Waals surface area contributed by atoms with Gasteiger partial charge in [-0.3, -0.25) is 14.8 Å². The van der Waals surface area contributed by atoms with Gasteiger partial charge < -0.3 is 5.32 Å². The maximum absolute atomic E-state index is 10.9. The lowest BCUT2D eigenvalue weighted by molar-refractivity contribution is -0.386. The average Bonchev–Trinajstić information content (AvgIpc) is 2.41. The van der Waals surface area contributed by atoms with Crippen LogP contribution < -0.4 is 5.32 Å². The molecule has 1 aromatic rings. The summed E-state index contributed by atoms with van der Waals surface area (Å²) < 4.78 is 1.58. The van der Waals surface area contributed by atoms with Gasteiger partial charge in [0, 0.05) is 19.5 Å². The highest BCUT2D eigenvalue weighted by Crippen LogP contribution is 2.23. The molecule has 0 spiro atoms. The average molecular weight is 212 g/mol. The van der Waals surface area contributed by atoms with Crippen molar-refractivity contribution >= 4 is 5.69 Å². The van der Waals surface area contributed by atoms with E-state index in [1.807, 2.05) is 14.0 Å². The Kier molecular flexibility index (Phi) is 3.41. The van der Waals surface area contributed by atoms with Crippen LogP contribution in [0.2, 0.25) is 0 Å². The molecule has 15 heavy (non-hydrogen) atoms. The molecule has 0 aliphatic carbocycles. The molecule has 84 valence electrons. The Morgan fingerprint density at radius 2 is 2.27 bits per heavy atom. The second kappa shape index (κ2) is 4.39. The second-order valence-corrected chi connectivity index (χ2v) is 3.66. The summed E-state index contributed by atoms with van der Waals surface area (Å²) in [6, 6.07) is 0.193. The van der Waals surface area contributed by atoms with Gasteiger partial charge in [0.1, 0.15) is 11.4 Å². The molecule has 1 unspecified atom stereocenters. The summed E-state index contributed by atoms with van der Waals surface area (Å²) in [4.78, 5) is 10.5. The first-order valence-corrected chi connectivity index (χ1v) is 4.81. The molecule has 1 heterocycles. The third-order valence-corrected chi connectivity index (χ3v) is 2.48. The fourth-order valence-corrected chi connectivity index (χ4v) is 1.55. The summed E-state index contributed by atoms with van der Waals surface area (Å²) in [6.07, 6.45) is 0.601. The van der Waals surface area contributed by atoms with Gasteiger partial charge in [-0.15, -0.1) is 0 Å². The third kappa shape index (κ3) is 2.33. The van der Waals surface area contributed by atoms with E-state index in [-0.39, 0.29) is 16.7 Å². The quantitative estimate of drug-likeness (QED) is 0.591. The Balaban J connectivity index is 3.09. The Hall–Kier alpha value is -1.43. The molecule has 0 saturated heterocycles. The lowest BCUT2D eigenvalue weighted by Gasteiger charge is -2.09. The molecule has 0 fully saturated rings. The van der Waals surface area contributed by atoms with E-state index in [0.717, 1.165) is 0 Å². The highest BCUT2D eigenvalue weighted by molar-refractivity contribution is 5.40. The van der Waals surface area contributed by atoms with E-state index in [1.54, 1.807) is 18.7 Å². The van der Waals surface area contributed by atoms with Gasteiger partial charge in [-0.05, 0) is 20.9 Å². The van der Waals surface area contributed by atoms with Gasteiger partial charge in [0.25, 0.3) is 0 Å². The zero-order chi connectivity index (χ0) is 11.6. The molecule has 0 amide bonds. The lowest BCUT2D eigenvalue weighted by Crippen LogP contribution is -2.25. The van der Waals surface area contributed by atoms with Crippen molar-refractivity contribution in [1.29, 1.82) is 0 Å². The molecule has 6 nitrogen and oxygen atoms in total. The van der Waals surface area contributed by atoms with Gasteiger partial charge in [0.2, 0.25) is 0 Å². The van der Waals surface area contributed by atoms with E-state index in [9.17, 15) is 10.1 Å². The Morgan fingerprint density at radius 3 is 2.73 bits per heavy atom. The van der Waals surface area contributed by atoms with Crippen LogP contribution >= 0.6 is 0 Å². The van der Waals surface area contributed by atoms with Gasteiger partial charge in [0.15, 0.2) is 0 Å². The van der Waals surface area contributed by atoms with Crippen molar-refractivity contribution in [2.24, 2.45) is 7.05 Å². The zero-order valence-electron chi connectivity index (χ0n) is 9.44. The third-order valence-electron chi connectivity index (χ3n) is 2.48. The zero-order valence-corrected chi connectivity index (χ0v) is 9.44. The Bertz CT molecular complexity index is 372. The van der Waals surface area contributed by atoms with Crippen LogP contribution in [0.4, 0.5) is 5.69 Å². The van der Waals surface area contributed by atoms with Crippen molar-refractivity contribution in [3.63, 3.8) is 0 Å². The maximum Gasteiger partial charge on any atom is 0.313 e. The fraction of sp³-hybridized carbons (Fsp3) is 0.667. The van der Waals surface area contributed by atoms with Crippen LogP contribution in [-0.2, 0) is 13.5 Å². The SMILES string of the molecule is CNC(C)Cc1c([N+](=O)[O-])c(C)nn1C. The van der Waals surface area contributed by atoms with Crippen LogP contribution in [-0.4, -0.2) is 27.8 Å². The number of rotatable bonds is 4. The highest BCUT2D eigenvalue weighted by Gasteiger charge is 2.24. The molecule has 1 N–H and O–H groups in total. The van der Waals surface area contributed by atoms with Crippen LogP contribution in [0.5, 0.6) is 0 Å². The van der Waals surface area contributed by atoms with Gasteiger partial charge >= 0.3 is 5.69 Å². The topological polar surface area (TPSA) is 73.0 Å². The summed E-state index contributed by atoms with van der Waals surface area (Å²) >= 11 is 0. The van der Waals surface area contributed by atoms with E-state index >= 15 is 0 Å². The molecule has 0 aromatic carbocycles. The first kappa shape index (κ1) is 11.6. The summed E-state index contributed by atoms with van der Waals surface area (Å²) in [5.41, 5.74) is 1.28. The first-order valence-electron chi connectivity index (χ1n) is 4.81. The summed E-state index contributed by atoms with van der Waals surface area (Å²) in [7, 11) is 3.57. The van der Waals surface area contributed by atoms with Crippen molar-refractivity contribution in [2.75, 3.05) is 7.05 Å². The number of likely N-dealkylation sites (N-methyl/N-ethyl adjacent to an activating group) is 1. The summed E-state index contributed by atoms with van der Waals surface area (Å²) in [5.74, 6) is 0. The van der Waals surface area contributed by atoms with Crippen molar-refractivity contribution in [3.8, 4) is 0 Å². The van der Waals surface area contributed by atoms with Crippen LogP contribution in [0.1, 0.15) is 18.3 Å². The Morgan fingerprint density at radius 1 is 1.67 bits per heavy atom. The number of hydrogen-bond donors (Lipinski definition) is 1. The van der Waals surface area contributed by atoms with Gasteiger partial charge in [0.05, 0.1) is 4.92 Å². The number of nitrogens with zero attached hydrogens (tertiary/aromatic N) is 3. The standard InChI is InChI=1S/C9H16N4O2/c1-6(10-3)5-8-9(13(14)15)7(2)11-12(8)4/h6,10H,5H2,1-4H3. The monoisotopic (exact) mass is 212 g/mol. The fourth-order valence-electron chi connectivity index (χ4n) is 1.55. The van der Waals surface area contributed by atoms with E-state index in [2.05, 4.69) is 10.4 Å². The summed E-state index contributed by atoms with van der Waals surface area (Å²) in [5, 5.41) is 18.0. The van der Waals surface area contributed by atoms with Crippen LogP contribution in [0.15, 0.2) is 0 Å². The smallest absolute Gasteiger partial charge is 0.313 e. The number of hydrogen-bond acceptors (Lipinski definition) is 4. The van der Waals surface area contributed by atoms with Crippen LogP contribution in [0.3, 0.4) is 0 Å². The van der Waals surface area contributed by atoms with Crippen molar-refractivity contribution in [1.82, 2.24) is 15.1 Å².